The number of halogens is 1. The number of hydrogen-bond donors (Lipinski definition) is 2. The third-order valence-corrected chi connectivity index (χ3v) is 6.52. The van der Waals surface area contributed by atoms with Crippen molar-refractivity contribution in [2.24, 2.45) is 5.10 Å². The quantitative estimate of drug-likeness (QED) is 0.0920. The highest BCUT2D eigenvalue weighted by atomic mass is 35.5. The molecule has 0 bridgehead atoms. The maximum Gasteiger partial charge on any atom is 0.379 e. The molecule has 0 radical (unpaired) electrons. The van der Waals surface area contributed by atoms with E-state index in [0.29, 0.717) is 34.2 Å². The number of amides is 1. The van der Waals surface area contributed by atoms with E-state index in [1.165, 1.54) is 18.5 Å². The zero-order valence-electron chi connectivity index (χ0n) is 22.1. The van der Waals surface area contributed by atoms with Gasteiger partial charge in [-0.05, 0) is 74.4 Å². The number of aromatic nitrogens is 1. The summed E-state index contributed by atoms with van der Waals surface area (Å²) in [4.78, 5) is 28.9. The average molecular weight is 556 g/mol. The van der Waals surface area contributed by atoms with Crippen molar-refractivity contribution in [2.45, 2.75) is 20.8 Å². The summed E-state index contributed by atoms with van der Waals surface area (Å²) in [6, 6.07) is 19.6. The molecule has 5 rings (SSSR count). The Bertz CT molecular complexity index is 1740. The second-order valence-electron chi connectivity index (χ2n) is 9.06. The van der Waals surface area contributed by atoms with Crippen LogP contribution in [0.25, 0.3) is 22.0 Å². The number of benzene rings is 3. The summed E-state index contributed by atoms with van der Waals surface area (Å²) < 4.78 is 16.2. The summed E-state index contributed by atoms with van der Waals surface area (Å²) in [6.07, 6.45) is 2.87. The van der Waals surface area contributed by atoms with Crippen molar-refractivity contribution in [1.29, 1.82) is 0 Å². The molecule has 2 N–H and O–H groups in total. The number of carbonyl (C=O) groups excluding carboxylic acids is 2. The molecule has 0 unspecified atom stereocenters. The number of aryl methyl sites for hydroxylation is 2. The van der Waals surface area contributed by atoms with E-state index in [4.69, 9.17) is 25.5 Å². The van der Waals surface area contributed by atoms with E-state index in [1.54, 1.807) is 30.3 Å². The summed E-state index contributed by atoms with van der Waals surface area (Å²) in [5.74, 6) is -0.404. The molecule has 0 fully saturated rings. The van der Waals surface area contributed by atoms with Crippen molar-refractivity contribution >= 4 is 40.6 Å². The standard InChI is InChI=1S/C31H26ClN3O5/c1-4-38-26-16-20(11-12-24(26)40-31(37)25-10-7-13-39-25)17-33-35-30(36)29-27(21-8-5-6-9-23(21)32)22-15-18(2)14-19(3)28(22)34-29/h5-17,34H,4H2,1-3H3,(H,35,36). The summed E-state index contributed by atoms with van der Waals surface area (Å²) in [6.45, 7) is 6.18. The average Bonchev–Trinajstić information content (AvgIpc) is 3.60. The first-order chi connectivity index (χ1) is 19.4. The molecule has 1 amide bonds. The van der Waals surface area contributed by atoms with Crippen LogP contribution >= 0.6 is 11.6 Å². The number of aromatic amines is 1. The Morgan fingerprint density at radius 1 is 1.05 bits per heavy atom. The number of nitrogens with one attached hydrogen (secondary N) is 2. The smallest absolute Gasteiger partial charge is 0.379 e. The van der Waals surface area contributed by atoms with Crippen LogP contribution in [0.2, 0.25) is 5.02 Å². The Labute approximate surface area is 235 Å². The van der Waals surface area contributed by atoms with Gasteiger partial charge in [0.1, 0.15) is 5.69 Å². The Morgan fingerprint density at radius 3 is 2.62 bits per heavy atom. The van der Waals surface area contributed by atoms with Gasteiger partial charge in [-0.3, -0.25) is 4.79 Å². The van der Waals surface area contributed by atoms with E-state index in [2.05, 4.69) is 21.6 Å². The highest BCUT2D eigenvalue weighted by Gasteiger charge is 2.22. The molecule has 0 spiro atoms. The fourth-order valence-electron chi connectivity index (χ4n) is 4.49. The van der Waals surface area contributed by atoms with Gasteiger partial charge in [0, 0.05) is 27.1 Å². The number of hydrogen-bond acceptors (Lipinski definition) is 6. The fourth-order valence-corrected chi connectivity index (χ4v) is 4.72. The predicted molar refractivity (Wildman–Crippen MR) is 155 cm³/mol. The zero-order chi connectivity index (χ0) is 28.2. The molecule has 5 aromatic rings. The van der Waals surface area contributed by atoms with Crippen LogP contribution in [0.15, 0.2) is 82.5 Å². The van der Waals surface area contributed by atoms with Crippen molar-refractivity contribution < 1.29 is 23.5 Å². The van der Waals surface area contributed by atoms with Gasteiger partial charge in [0.25, 0.3) is 5.91 Å². The molecule has 0 saturated heterocycles. The maximum atomic E-state index is 13.4. The molecule has 3 aromatic carbocycles. The topological polar surface area (TPSA) is 106 Å². The monoisotopic (exact) mass is 555 g/mol. The summed E-state index contributed by atoms with van der Waals surface area (Å²) in [5, 5.41) is 5.60. The Morgan fingerprint density at radius 2 is 1.88 bits per heavy atom. The van der Waals surface area contributed by atoms with Gasteiger partial charge < -0.3 is 18.9 Å². The van der Waals surface area contributed by atoms with Crippen LogP contribution in [0, 0.1) is 13.8 Å². The van der Waals surface area contributed by atoms with E-state index in [1.807, 2.05) is 45.0 Å². The molecule has 2 heterocycles. The van der Waals surface area contributed by atoms with Crippen molar-refractivity contribution in [3.8, 4) is 22.6 Å². The minimum atomic E-state index is -0.641. The van der Waals surface area contributed by atoms with Gasteiger partial charge in [-0.25, -0.2) is 10.2 Å². The van der Waals surface area contributed by atoms with Crippen LogP contribution in [-0.2, 0) is 0 Å². The van der Waals surface area contributed by atoms with Gasteiger partial charge in [0.15, 0.2) is 11.5 Å². The van der Waals surface area contributed by atoms with Crippen LogP contribution < -0.4 is 14.9 Å². The van der Waals surface area contributed by atoms with E-state index in [0.717, 1.165) is 27.6 Å². The first-order valence-corrected chi connectivity index (χ1v) is 13.0. The lowest BCUT2D eigenvalue weighted by atomic mass is 9.99. The van der Waals surface area contributed by atoms with Gasteiger partial charge in [-0.15, -0.1) is 0 Å². The fraction of sp³-hybridized carbons (Fsp3) is 0.129. The molecule has 8 nitrogen and oxygen atoms in total. The lowest BCUT2D eigenvalue weighted by Gasteiger charge is -2.10. The summed E-state index contributed by atoms with van der Waals surface area (Å²) in [7, 11) is 0. The van der Waals surface area contributed by atoms with E-state index in [-0.39, 0.29) is 11.5 Å². The van der Waals surface area contributed by atoms with Gasteiger partial charge in [-0.2, -0.15) is 5.10 Å². The molecule has 2 aromatic heterocycles. The zero-order valence-corrected chi connectivity index (χ0v) is 22.8. The second-order valence-corrected chi connectivity index (χ2v) is 9.47. The van der Waals surface area contributed by atoms with E-state index >= 15 is 0 Å². The van der Waals surface area contributed by atoms with Crippen LogP contribution in [0.3, 0.4) is 0 Å². The molecule has 0 aliphatic heterocycles. The number of fused-ring (bicyclic) bond motifs is 1. The van der Waals surface area contributed by atoms with Crippen LogP contribution in [0.5, 0.6) is 11.5 Å². The molecule has 9 heteroatoms. The van der Waals surface area contributed by atoms with Crippen LogP contribution in [0.4, 0.5) is 0 Å². The number of rotatable bonds is 8. The number of furan rings is 1. The first kappa shape index (κ1) is 26.8. The Balaban J connectivity index is 1.41. The van der Waals surface area contributed by atoms with Gasteiger partial charge in [-0.1, -0.05) is 41.4 Å². The van der Waals surface area contributed by atoms with Crippen molar-refractivity contribution in [3.05, 3.63) is 106 Å². The predicted octanol–water partition coefficient (Wildman–Crippen LogP) is 7.08. The lowest BCUT2D eigenvalue weighted by Crippen LogP contribution is -2.19. The van der Waals surface area contributed by atoms with Gasteiger partial charge >= 0.3 is 5.97 Å². The molecule has 202 valence electrons. The number of esters is 1. The molecular weight excluding hydrogens is 530 g/mol. The van der Waals surface area contributed by atoms with Crippen molar-refractivity contribution in [3.63, 3.8) is 0 Å². The van der Waals surface area contributed by atoms with Crippen LogP contribution in [-0.4, -0.2) is 29.7 Å². The molecule has 0 aliphatic rings. The SMILES string of the molecule is CCOc1cc(C=NNC(=O)c2[nH]c3c(C)cc(C)cc3c2-c2ccccc2Cl)ccc1OC(=O)c1ccco1. The van der Waals surface area contributed by atoms with E-state index in [9.17, 15) is 9.59 Å². The minimum absolute atomic E-state index is 0.0780. The first-order valence-electron chi connectivity index (χ1n) is 12.6. The third-order valence-electron chi connectivity index (χ3n) is 6.19. The van der Waals surface area contributed by atoms with Crippen molar-refractivity contribution in [1.82, 2.24) is 10.4 Å². The number of hydrazone groups is 1. The Hall–Kier alpha value is -4.82. The molecule has 0 aliphatic carbocycles. The van der Waals surface area contributed by atoms with E-state index < -0.39 is 11.9 Å². The molecule has 40 heavy (non-hydrogen) atoms. The second kappa shape index (κ2) is 11.5. The minimum Gasteiger partial charge on any atom is -0.490 e. The number of carbonyl (C=O) groups is 2. The van der Waals surface area contributed by atoms with Gasteiger partial charge in [0.05, 0.1) is 19.1 Å². The molecular formula is C31H26ClN3O5. The summed E-state index contributed by atoms with van der Waals surface area (Å²) >= 11 is 6.55. The maximum absolute atomic E-state index is 13.4. The van der Waals surface area contributed by atoms with Gasteiger partial charge in [0.2, 0.25) is 5.76 Å². The highest BCUT2D eigenvalue weighted by molar-refractivity contribution is 6.34. The normalized spacial score (nSPS) is 11.2. The number of H-pyrrole nitrogens is 1. The highest BCUT2D eigenvalue weighted by Crippen LogP contribution is 2.38. The van der Waals surface area contributed by atoms with Crippen LogP contribution in [0.1, 0.15) is 44.7 Å². The Kier molecular flexibility index (Phi) is 7.70. The third kappa shape index (κ3) is 5.48. The molecule has 0 saturated carbocycles. The largest absolute Gasteiger partial charge is 0.490 e. The number of ether oxygens (including phenoxy) is 2. The summed E-state index contributed by atoms with van der Waals surface area (Å²) in [5.41, 5.74) is 7.98. The lowest BCUT2D eigenvalue weighted by molar-refractivity contribution is 0.0695. The molecule has 0 atom stereocenters. The number of nitrogens with zero attached hydrogens (tertiary/aromatic N) is 1. The van der Waals surface area contributed by atoms with Crippen molar-refractivity contribution in [2.75, 3.05) is 6.61 Å².